The van der Waals surface area contributed by atoms with E-state index in [2.05, 4.69) is 30.8 Å². The first-order chi connectivity index (χ1) is 7.13. The lowest BCUT2D eigenvalue weighted by molar-refractivity contribution is -0.140. The average molecular weight is 215 g/mol. The molecular weight excluding hydrogens is 190 g/mol. The summed E-state index contributed by atoms with van der Waals surface area (Å²) in [4.78, 5) is 10.9. The van der Waals surface area contributed by atoms with Gasteiger partial charge in [-0.15, -0.1) is 0 Å². The van der Waals surface area contributed by atoms with Crippen LogP contribution in [0, 0.1) is 5.92 Å². The molecule has 3 nitrogen and oxygen atoms in total. The second kappa shape index (κ2) is 8.72. The third-order valence-corrected chi connectivity index (χ3v) is 2.87. The summed E-state index contributed by atoms with van der Waals surface area (Å²) in [6.07, 6.45) is 3.99. The summed E-state index contributed by atoms with van der Waals surface area (Å²) >= 11 is 0. The summed E-state index contributed by atoms with van der Waals surface area (Å²) in [7, 11) is 1.43. The Hall–Kier alpha value is -0.570. The smallest absolute Gasteiger partial charge is 0.306 e. The third kappa shape index (κ3) is 7.37. The van der Waals surface area contributed by atoms with E-state index in [0.717, 1.165) is 18.9 Å². The zero-order valence-electron chi connectivity index (χ0n) is 10.5. The molecule has 0 fully saturated rings. The Morgan fingerprint density at radius 1 is 1.33 bits per heavy atom. The number of hydrogen-bond donors (Lipinski definition) is 1. The van der Waals surface area contributed by atoms with E-state index in [4.69, 9.17) is 0 Å². The van der Waals surface area contributed by atoms with Gasteiger partial charge in [-0.1, -0.05) is 27.2 Å². The summed E-state index contributed by atoms with van der Waals surface area (Å²) in [5.41, 5.74) is 0. The number of ether oxygens (including phenoxy) is 1. The number of hydrogen-bond acceptors (Lipinski definition) is 3. The molecule has 0 saturated heterocycles. The summed E-state index contributed by atoms with van der Waals surface area (Å²) in [5.74, 6) is 0.612. The van der Waals surface area contributed by atoms with Gasteiger partial charge in [0.05, 0.1) is 13.5 Å². The van der Waals surface area contributed by atoms with Crippen LogP contribution in [0.4, 0.5) is 0 Å². The van der Waals surface area contributed by atoms with Crippen LogP contribution >= 0.6 is 0 Å². The van der Waals surface area contributed by atoms with Crippen molar-refractivity contribution >= 4 is 5.97 Å². The van der Waals surface area contributed by atoms with Gasteiger partial charge in [-0.05, 0) is 18.8 Å². The maximum atomic E-state index is 10.9. The van der Waals surface area contributed by atoms with Crippen LogP contribution in [0.25, 0.3) is 0 Å². The Morgan fingerprint density at radius 3 is 2.47 bits per heavy atom. The second-order valence-electron chi connectivity index (χ2n) is 4.13. The first-order valence-electron chi connectivity index (χ1n) is 5.94. The molecule has 0 aromatic rings. The molecule has 0 saturated carbocycles. The topological polar surface area (TPSA) is 38.3 Å². The van der Waals surface area contributed by atoms with E-state index in [1.807, 2.05) is 0 Å². The number of carbonyl (C=O) groups is 1. The summed E-state index contributed by atoms with van der Waals surface area (Å²) < 4.78 is 4.59. The number of esters is 1. The molecule has 3 heteroatoms. The van der Waals surface area contributed by atoms with Crippen LogP contribution in [-0.4, -0.2) is 25.7 Å². The fourth-order valence-corrected chi connectivity index (χ4v) is 1.53. The van der Waals surface area contributed by atoms with Gasteiger partial charge >= 0.3 is 5.97 Å². The molecule has 0 aliphatic rings. The van der Waals surface area contributed by atoms with Crippen LogP contribution in [0.5, 0.6) is 0 Å². The van der Waals surface area contributed by atoms with Crippen molar-refractivity contribution in [3.63, 3.8) is 0 Å². The van der Waals surface area contributed by atoms with E-state index in [-0.39, 0.29) is 5.97 Å². The quantitative estimate of drug-likeness (QED) is 0.632. The Kier molecular flexibility index (Phi) is 8.38. The van der Waals surface area contributed by atoms with Crippen LogP contribution in [-0.2, 0) is 9.53 Å². The number of nitrogens with one attached hydrogen (secondary N) is 1. The highest BCUT2D eigenvalue weighted by Gasteiger charge is 2.10. The van der Waals surface area contributed by atoms with Crippen molar-refractivity contribution in [3.05, 3.63) is 0 Å². The average Bonchev–Trinajstić information content (AvgIpc) is 2.26. The summed E-state index contributed by atoms with van der Waals surface area (Å²) in [6.45, 7) is 7.39. The van der Waals surface area contributed by atoms with Crippen molar-refractivity contribution in [2.75, 3.05) is 13.7 Å². The van der Waals surface area contributed by atoms with Gasteiger partial charge in [-0.25, -0.2) is 0 Å². The molecule has 0 aromatic carbocycles. The summed E-state index contributed by atoms with van der Waals surface area (Å²) in [6, 6.07) is 0.532. The van der Waals surface area contributed by atoms with E-state index in [9.17, 15) is 4.79 Å². The third-order valence-electron chi connectivity index (χ3n) is 2.87. The first-order valence-corrected chi connectivity index (χ1v) is 5.94. The minimum Gasteiger partial charge on any atom is -0.469 e. The minimum absolute atomic E-state index is 0.138. The van der Waals surface area contributed by atoms with E-state index in [1.54, 1.807) is 0 Å². The lowest BCUT2D eigenvalue weighted by atomic mass is 9.98. The molecule has 0 aliphatic heterocycles. The Labute approximate surface area is 93.6 Å². The van der Waals surface area contributed by atoms with Gasteiger partial charge in [0.1, 0.15) is 0 Å². The molecule has 0 heterocycles. The zero-order valence-corrected chi connectivity index (χ0v) is 10.5. The van der Waals surface area contributed by atoms with Crippen molar-refractivity contribution in [1.82, 2.24) is 5.32 Å². The van der Waals surface area contributed by atoms with Gasteiger partial charge < -0.3 is 10.1 Å². The van der Waals surface area contributed by atoms with E-state index < -0.39 is 0 Å². The van der Waals surface area contributed by atoms with Crippen LogP contribution in [0.2, 0.25) is 0 Å². The molecule has 2 atom stereocenters. The first kappa shape index (κ1) is 14.4. The van der Waals surface area contributed by atoms with Crippen molar-refractivity contribution in [3.8, 4) is 0 Å². The van der Waals surface area contributed by atoms with Crippen LogP contribution in [0.3, 0.4) is 0 Å². The van der Waals surface area contributed by atoms with Gasteiger partial charge in [0.25, 0.3) is 0 Å². The molecule has 0 aliphatic carbocycles. The van der Waals surface area contributed by atoms with E-state index >= 15 is 0 Å². The maximum Gasteiger partial charge on any atom is 0.306 e. The van der Waals surface area contributed by atoms with Crippen LogP contribution in [0.1, 0.15) is 46.5 Å². The molecule has 90 valence electrons. The number of methoxy groups -OCH3 is 1. The number of rotatable bonds is 8. The van der Waals surface area contributed by atoms with E-state index in [0.29, 0.717) is 12.5 Å². The van der Waals surface area contributed by atoms with Crippen molar-refractivity contribution < 1.29 is 9.53 Å². The highest BCUT2D eigenvalue weighted by molar-refractivity contribution is 5.69. The summed E-state index contributed by atoms with van der Waals surface area (Å²) in [5, 5.41) is 3.40. The predicted octanol–water partition coefficient (Wildman–Crippen LogP) is 2.35. The highest BCUT2D eigenvalue weighted by atomic mass is 16.5. The molecule has 0 radical (unpaired) electrons. The molecule has 0 rings (SSSR count). The SMILES string of the molecule is CCC(C)CC(CC)NCCC(=O)OC. The molecule has 15 heavy (non-hydrogen) atoms. The zero-order chi connectivity index (χ0) is 11.7. The molecule has 0 spiro atoms. The predicted molar refractivity (Wildman–Crippen MR) is 62.8 cm³/mol. The van der Waals surface area contributed by atoms with Crippen molar-refractivity contribution in [1.29, 1.82) is 0 Å². The lowest BCUT2D eigenvalue weighted by Crippen LogP contribution is -2.32. The van der Waals surface area contributed by atoms with Gasteiger partial charge in [0.15, 0.2) is 0 Å². The lowest BCUT2D eigenvalue weighted by Gasteiger charge is -2.19. The van der Waals surface area contributed by atoms with Gasteiger partial charge in [-0.2, -0.15) is 0 Å². The second-order valence-corrected chi connectivity index (χ2v) is 4.13. The molecule has 1 N–H and O–H groups in total. The molecule has 0 bridgehead atoms. The van der Waals surface area contributed by atoms with Crippen molar-refractivity contribution in [2.24, 2.45) is 5.92 Å². The standard InChI is InChI=1S/C12H25NO2/c1-5-10(3)9-11(6-2)13-8-7-12(14)15-4/h10-11,13H,5-9H2,1-4H3. The van der Waals surface area contributed by atoms with Gasteiger partial charge in [0.2, 0.25) is 0 Å². The molecule has 2 unspecified atom stereocenters. The Morgan fingerprint density at radius 2 is 2.00 bits per heavy atom. The molecule has 0 amide bonds. The van der Waals surface area contributed by atoms with Crippen LogP contribution < -0.4 is 5.32 Å². The number of carbonyl (C=O) groups excluding carboxylic acids is 1. The maximum absolute atomic E-state index is 10.9. The minimum atomic E-state index is -0.138. The Balaban J connectivity index is 3.65. The fourth-order valence-electron chi connectivity index (χ4n) is 1.53. The highest BCUT2D eigenvalue weighted by Crippen LogP contribution is 2.11. The molecular formula is C12H25NO2. The monoisotopic (exact) mass is 215 g/mol. The molecule has 0 aromatic heterocycles. The van der Waals surface area contributed by atoms with Crippen molar-refractivity contribution in [2.45, 2.75) is 52.5 Å². The Bertz CT molecular complexity index is 171. The van der Waals surface area contributed by atoms with Gasteiger partial charge in [0, 0.05) is 12.6 Å². The fraction of sp³-hybridized carbons (Fsp3) is 0.917. The normalized spacial score (nSPS) is 14.7. The van der Waals surface area contributed by atoms with E-state index in [1.165, 1.54) is 20.0 Å². The largest absolute Gasteiger partial charge is 0.469 e. The van der Waals surface area contributed by atoms with Gasteiger partial charge in [-0.3, -0.25) is 4.79 Å². The van der Waals surface area contributed by atoms with Crippen LogP contribution in [0.15, 0.2) is 0 Å².